The molecule has 2 aromatic carbocycles. The summed E-state index contributed by atoms with van der Waals surface area (Å²) in [5.41, 5.74) is 11.1. The van der Waals surface area contributed by atoms with E-state index in [2.05, 4.69) is 111 Å². The molecule has 5 heteroatoms. The first-order chi connectivity index (χ1) is 17.8. The van der Waals surface area contributed by atoms with Crippen LogP contribution in [0.1, 0.15) is 78.1 Å². The second-order valence-electron chi connectivity index (χ2n) is 10.3. The second-order valence-corrected chi connectivity index (χ2v) is 10.7. The van der Waals surface area contributed by atoms with E-state index in [1.54, 1.807) is 0 Å². The molecular formula is C32H36N4S. The Bertz CT molecular complexity index is 1420. The van der Waals surface area contributed by atoms with Gasteiger partial charge in [-0.15, -0.1) is 0 Å². The third-order valence-corrected chi connectivity index (χ3v) is 7.97. The van der Waals surface area contributed by atoms with Crippen molar-refractivity contribution in [3.63, 3.8) is 0 Å². The number of hydrogen-bond acceptors (Lipinski definition) is 2. The molecule has 2 unspecified atom stereocenters. The topological polar surface area (TPSA) is 33.1 Å². The highest BCUT2D eigenvalue weighted by molar-refractivity contribution is 7.80. The Balaban J connectivity index is 1.69. The summed E-state index contributed by atoms with van der Waals surface area (Å²) in [7, 11) is 0. The van der Waals surface area contributed by atoms with Crippen LogP contribution < -0.4 is 10.2 Å². The molecule has 0 radical (unpaired) electrons. The van der Waals surface area contributed by atoms with Crippen LogP contribution in [0.4, 0.5) is 5.69 Å². The second kappa shape index (κ2) is 10.1. The van der Waals surface area contributed by atoms with Gasteiger partial charge in [0.05, 0.1) is 23.5 Å². The van der Waals surface area contributed by atoms with E-state index in [9.17, 15) is 0 Å². The number of rotatable bonds is 6. The minimum Gasteiger partial charge on any atom is -0.351 e. The van der Waals surface area contributed by atoms with Gasteiger partial charge >= 0.3 is 0 Å². The number of aromatic nitrogens is 2. The van der Waals surface area contributed by atoms with Crippen LogP contribution >= 0.6 is 12.2 Å². The molecule has 2 atom stereocenters. The van der Waals surface area contributed by atoms with Gasteiger partial charge in [0.2, 0.25) is 0 Å². The van der Waals surface area contributed by atoms with Gasteiger partial charge in [0.1, 0.15) is 0 Å². The van der Waals surface area contributed by atoms with Crippen LogP contribution in [-0.4, -0.2) is 14.7 Å². The number of pyridine rings is 1. The number of nitrogens with zero attached hydrogens (tertiary/aromatic N) is 3. The standard InChI is InChI=1S/C32H36N4S/c1-7-24-12-10-11-21(4)30(24)35-22(5)19-27(23(35)6)31-29(28-13-8-9-18-33-28)34-32(37)36(31)26-16-14-25(15-17-26)20(2)3/h8-20,29,31H,7H2,1-6H3,(H,34,37). The lowest BCUT2D eigenvalue weighted by Crippen LogP contribution is -2.29. The molecule has 2 aromatic heterocycles. The van der Waals surface area contributed by atoms with Gasteiger partial charge in [0, 0.05) is 23.3 Å². The number of anilines is 1. The van der Waals surface area contributed by atoms with Crippen molar-refractivity contribution in [1.82, 2.24) is 14.9 Å². The van der Waals surface area contributed by atoms with Crippen LogP contribution in [-0.2, 0) is 6.42 Å². The maximum atomic E-state index is 5.98. The van der Waals surface area contributed by atoms with E-state index >= 15 is 0 Å². The first-order valence-electron chi connectivity index (χ1n) is 13.2. The van der Waals surface area contributed by atoms with E-state index in [-0.39, 0.29) is 12.1 Å². The molecule has 0 saturated carbocycles. The fourth-order valence-electron chi connectivity index (χ4n) is 5.72. The Morgan fingerprint density at radius 2 is 1.73 bits per heavy atom. The number of thiocarbonyl (C=S) groups is 1. The molecule has 1 N–H and O–H groups in total. The van der Waals surface area contributed by atoms with Crippen LogP contribution in [0.5, 0.6) is 0 Å². The number of aryl methyl sites for hydroxylation is 3. The van der Waals surface area contributed by atoms with Crippen LogP contribution in [0.25, 0.3) is 5.69 Å². The zero-order valence-corrected chi connectivity index (χ0v) is 23.4. The maximum Gasteiger partial charge on any atom is 0.174 e. The van der Waals surface area contributed by atoms with E-state index in [1.807, 2.05) is 18.3 Å². The van der Waals surface area contributed by atoms with Gasteiger partial charge < -0.3 is 14.8 Å². The zero-order chi connectivity index (χ0) is 26.3. The molecule has 1 saturated heterocycles. The van der Waals surface area contributed by atoms with E-state index in [0.29, 0.717) is 5.92 Å². The van der Waals surface area contributed by atoms with Crippen molar-refractivity contribution in [1.29, 1.82) is 0 Å². The molecule has 4 aromatic rings. The number of hydrogen-bond donors (Lipinski definition) is 1. The molecule has 0 spiro atoms. The molecule has 1 aliphatic heterocycles. The summed E-state index contributed by atoms with van der Waals surface area (Å²) in [5.74, 6) is 0.482. The fraction of sp³-hybridized carbons (Fsp3) is 0.312. The summed E-state index contributed by atoms with van der Waals surface area (Å²) in [6.45, 7) is 13.3. The molecule has 0 aliphatic carbocycles. The SMILES string of the molecule is CCc1cccc(C)c1-n1c(C)cc(C2C(c3ccccn3)NC(=S)N2c2ccc(C(C)C)cc2)c1C. The molecule has 190 valence electrons. The lowest BCUT2D eigenvalue weighted by molar-refractivity contribution is 0.565. The Labute approximate surface area is 226 Å². The molecule has 1 aliphatic rings. The molecule has 3 heterocycles. The third-order valence-electron chi connectivity index (χ3n) is 7.65. The normalized spacial score (nSPS) is 17.5. The van der Waals surface area contributed by atoms with Crippen molar-refractivity contribution in [3.8, 4) is 5.69 Å². The molecule has 5 rings (SSSR count). The molecule has 0 bridgehead atoms. The van der Waals surface area contributed by atoms with Crippen LogP contribution in [0.15, 0.2) is 72.9 Å². The Morgan fingerprint density at radius 1 is 0.973 bits per heavy atom. The summed E-state index contributed by atoms with van der Waals surface area (Å²) in [6, 6.07) is 23.8. The third kappa shape index (κ3) is 4.46. The van der Waals surface area contributed by atoms with Crippen LogP contribution in [0, 0.1) is 20.8 Å². The van der Waals surface area contributed by atoms with Crippen molar-refractivity contribution < 1.29 is 0 Å². The smallest absolute Gasteiger partial charge is 0.174 e. The van der Waals surface area contributed by atoms with Gasteiger partial charge in [0.15, 0.2) is 5.11 Å². The summed E-state index contributed by atoms with van der Waals surface area (Å²) >= 11 is 5.98. The minimum absolute atomic E-state index is 0.0265. The van der Waals surface area contributed by atoms with Crippen molar-refractivity contribution in [2.45, 2.75) is 66.0 Å². The summed E-state index contributed by atoms with van der Waals surface area (Å²) in [6.07, 6.45) is 2.85. The van der Waals surface area contributed by atoms with Gasteiger partial charge in [-0.1, -0.05) is 57.2 Å². The van der Waals surface area contributed by atoms with Crippen molar-refractivity contribution in [2.75, 3.05) is 4.90 Å². The van der Waals surface area contributed by atoms with Crippen molar-refractivity contribution in [2.24, 2.45) is 0 Å². The van der Waals surface area contributed by atoms with E-state index in [1.165, 1.54) is 39.3 Å². The Hall–Kier alpha value is -3.44. The van der Waals surface area contributed by atoms with Gasteiger partial charge in [-0.3, -0.25) is 4.98 Å². The van der Waals surface area contributed by atoms with Gasteiger partial charge in [-0.25, -0.2) is 0 Å². The monoisotopic (exact) mass is 508 g/mol. The molecule has 4 nitrogen and oxygen atoms in total. The largest absolute Gasteiger partial charge is 0.351 e. The minimum atomic E-state index is -0.0602. The summed E-state index contributed by atoms with van der Waals surface area (Å²) in [5, 5.41) is 4.35. The average molecular weight is 509 g/mol. The van der Waals surface area contributed by atoms with Gasteiger partial charge in [-0.2, -0.15) is 0 Å². The van der Waals surface area contributed by atoms with E-state index in [0.717, 1.165) is 22.9 Å². The number of benzene rings is 2. The first kappa shape index (κ1) is 25.2. The quantitative estimate of drug-likeness (QED) is 0.271. The predicted octanol–water partition coefficient (Wildman–Crippen LogP) is 7.66. The number of para-hydroxylation sites is 1. The van der Waals surface area contributed by atoms with Crippen LogP contribution in [0.2, 0.25) is 0 Å². The molecule has 0 amide bonds. The highest BCUT2D eigenvalue weighted by atomic mass is 32.1. The zero-order valence-electron chi connectivity index (χ0n) is 22.6. The maximum absolute atomic E-state index is 5.98. The van der Waals surface area contributed by atoms with Crippen molar-refractivity contribution >= 4 is 23.0 Å². The molecular weight excluding hydrogens is 472 g/mol. The lowest BCUT2D eigenvalue weighted by atomic mass is 9.96. The molecule has 1 fully saturated rings. The van der Waals surface area contributed by atoms with Gasteiger partial charge in [-0.05, 0) is 97.9 Å². The predicted molar refractivity (Wildman–Crippen MR) is 158 cm³/mol. The average Bonchev–Trinajstić information content (AvgIpc) is 3.39. The highest BCUT2D eigenvalue weighted by Crippen LogP contribution is 2.44. The van der Waals surface area contributed by atoms with Crippen molar-refractivity contribution in [3.05, 3.63) is 112 Å². The Morgan fingerprint density at radius 3 is 2.38 bits per heavy atom. The Kier molecular flexibility index (Phi) is 6.91. The first-order valence-corrected chi connectivity index (χ1v) is 13.6. The van der Waals surface area contributed by atoms with Crippen LogP contribution in [0.3, 0.4) is 0 Å². The van der Waals surface area contributed by atoms with E-state index in [4.69, 9.17) is 17.2 Å². The lowest BCUT2D eigenvalue weighted by Gasteiger charge is -2.28. The van der Waals surface area contributed by atoms with E-state index < -0.39 is 0 Å². The summed E-state index contributed by atoms with van der Waals surface area (Å²) < 4.78 is 2.43. The van der Waals surface area contributed by atoms with Gasteiger partial charge in [0.25, 0.3) is 0 Å². The molecule has 37 heavy (non-hydrogen) atoms. The number of nitrogens with one attached hydrogen (secondary N) is 1. The fourth-order valence-corrected chi connectivity index (χ4v) is 6.07. The highest BCUT2D eigenvalue weighted by Gasteiger charge is 2.42. The summed E-state index contributed by atoms with van der Waals surface area (Å²) in [4.78, 5) is 7.02.